The maximum atomic E-state index is 12.8. The van der Waals surface area contributed by atoms with Crippen LogP contribution in [-0.4, -0.2) is 37.2 Å². The van der Waals surface area contributed by atoms with Gasteiger partial charge in [-0.05, 0) is 83.5 Å². The largest absolute Gasteiger partial charge is 0.462 e. The number of esters is 3. The third-order valence-electron chi connectivity index (χ3n) is 12.7. The summed E-state index contributed by atoms with van der Waals surface area (Å²) in [5, 5.41) is 0. The van der Waals surface area contributed by atoms with Crippen LogP contribution in [0.1, 0.15) is 284 Å². The van der Waals surface area contributed by atoms with Crippen LogP contribution in [-0.2, 0) is 28.6 Å². The first-order valence-corrected chi connectivity index (χ1v) is 29.6. The van der Waals surface area contributed by atoms with E-state index in [4.69, 9.17) is 14.2 Å². The van der Waals surface area contributed by atoms with Gasteiger partial charge in [0.15, 0.2) is 6.10 Å². The Morgan fingerprint density at radius 3 is 1.00 bits per heavy atom. The van der Waals surface area contributed by atoms with E-state index in [1.165, 1.54) is 148 Å². The molecule has 0 aliphatic carbocycles. The number of unbranched alkanes of at least 4 members (excludes halogenated alkanes) is 29. The molecule has 0 saturated heterocycles. The van der Waals surface area contributed by atoms with E-state index in [0.29, 0.717) is 19.3 Å². The van der Waals surface area contributed by atoms with Gasteiger partial charge in [0, 0.05) is 19.3 Å². The van der Waals surface area contributed by atoms with Crippen molar-refractivity contribution in [3.8, 4) is 0 Å². The van der Waals surface area contributed by atoms with Gasteiger partial charge < -0.3 is 14.2 Å². The fourth-order valence-corrected chi connectivity index (χ4v) is 8.23. The average molecular weight is 976 g/mol. The third kappa shape index (κ3) is 55.5. The molecular weight excluding hydrogens is 865 g/mol. The number of carbonyl (C=O) groups is 3. The van der Waals surface area contributed by atoms with Crippen molar-refractivity contribution < 1.29 is 28.6 Å². The maximum Gasteiger partial charge on any atom is 0.306 e. The molecule has 6 nitrogen and oxygen atoms in total. The Morgan fingerprint density at radius 1 is 0.314 bits per heavy atom. The van der Waals surface area contributed by atoms with Crippen molar-refractivity contribution in [2.24, 2.45) is 0 Å². The van der Waals surface area contributed by atoms with Crippen LogP contribution in [0.4, 0.5) is 0 Å². The summed E-state index contributed by atoms with van der Waals surface area (Å²) in [6, 6.07) is 0. The number of allylic oxidation sites excluding steroid dienone is 14. The SMILES string of the molecule is CC/C=C\C/C=C\C/C=C\C/C=C\C/C=C\CCCC(=O)OC(COC(=O)CCCCC/C=C\C=C/CCCCCCCCC)COC(=O)CCCCCCCCCCCCCCCCCCCCC. The predicted molar refractivity (Wildman–Crippen MR) is 302 cm³/mol. The summed E-state index contributed by atoms with van der Waals surface area (Å²) < 4.78 is 16.8. The number of hydrogen-bond donors (Lipinski definition) is 0. The van der Waals surface area contributed by atoms with E-state index in [1.807, 2.05) is 0 Å². The first-order chi connectivity index (χ1) is 34.5. The molecule has 0 amide bonds. The van der Waals surface area contributed by atoms with E-state index in [1.54, 1.807) is 0 Å². The quantitative estimate of drug-likeness (QED) is 0.0199. The van der Waals surface area contributed by atoms with Crippen molar-refractivity contribution in [1.82, 2.24) is 0 Å². The molecule has 0 aliphatic heterocycles. The molecule has 0 saturated carbocycles. The Hall–Kier alpha value is -3.41. The van der Waals surface area contributed by atoms with Crippen molar-refractivity contribution in [2.75, 3.05) is 13.2 Å². The van der Waals surface area contributed by atoms with Gasteiger partial charge in [-0.25, -0.2) is 0 Å². The second-order valence-electron chi connectivity index (χ2n) is 19.6. The first-order valence-electron chi connectivity index (χ1n) is 29.6. The summed E-state index contributed by atoms with van der Waals surface area (Å²) in [4.78, 5) is 38.2. The molecule has 6 heteroatoms. The molecule has 0 aromatic heterocycles. The van der Waals surface area contributed by atoms with Gasteiger partial charge in [0.05, 0.1) is 0 Å². The van der Waals surface area contributed by atoms with Crippen molar-refractivity contribution in [3.63, 3.8) is 0 Å². The van der Waals surface area contributed by atoms with Gasteiger partial charge in [0.2, 0.25) is 0 Å². The fourth-order valence-electron chi connectivity index (χ4n) is 8.23. The summed E-state index contributed by atoms with van der Waals surface area (Å²) in [5.41, 5.74) is 0. The van der Waals surface area contributed by atoms with Crippen LogP contribution in [0.5, 0.6) is 0 Å². The lowest BCUT2D eigenvalue weighted by atomic mass is 10.0. The lowest BCUT2D eigenvalue weighted by Crippen LogP contribution is -2.30. The van der Waals surface area contributed by atoms with Crippen molar-refractivity contribution in [2.45, 2.75) is 290 Å². The summed E-state index contributed by atoms with van der Waals surface area (Å²) in [6.45, 7) is 6.48. The van der Waals surface area contributed by atoms with E-state index < -0.39 is 6.10 Å². The Labute approximate surface area is 433 Å². The summed E-state index contributed by atoms with van der Waals surface area (Å²) >= 11 is 0. The lowest BCUT2D eigenvalue weighted by Gasteiger charge is -2.18. The molecule has 1 atom stereocenters. The third-order valence-corrected chi connectivity index (χ3v) is 12.7. The van der Waals surface area contributed by atoms with Crippen LogP contribution in [0, 0.1) is 0 Å². The zero-order valence-electron chi connectivity index (χ0n) is 46.0. The first kappa shape index (κ1) is 66.6. The minimum Gasteiger partial charge on any atom is -0.462 e. The van der Waals surface area contributed by atoms with E-state index in [9.17, 15) is 14.4 Å². The van der Waals surface area contributed by atoms with Crippen LogP contribution in [0.2, 0.25) is 0 Å². The highest BCUT2D eigenvalue weighted by atomic mass is 16.6. The smallest absolute Gasteiger partial charge is 0.306 e. The molecular formula is C64H110O6. The zero-order chi connectivity index (χ0) is 50.7. The Balaban J connectivity index is 4.47. The molecule has 0 spiro atoms. The number of ether oxygens (including phenoxy) is 3. The molecule has 70 heavy (non-hydrogen) atoms. The molecule has 0 aliphatic rings. The van der Waals surface area contributed by atoms with Gasteiger partial charge >= 0.3 is 17.9 Å². The summed E-state index contributed by atoms with van der Waals surface area (Å²) in [5.74, 6) is -0.983. The molecule has 0 heterocycles. The highest BCUT2D eigenvalue weighted by Gasteiger charge is 2.19. The molecule has 0 aromatic rings. The lowest BCUT2D eigenvalue weighted by molar-refractivity contribution is -0.167. The molecule has 0 bridgehead atoms. The molecule has 0 N–H and O–H groups in total. The average Bonchev–Trinajstić information content (AvgIpc) is 3.36. The van der Waals surface area contributed by atoms with Gasteiger partial charge in [0.1, 0.15) is 13.2 Å². The number of hydrogen-bond acceptors (Lipinski definition) is 6. The predicted octanol–water partition coefficient (Wildman–Crippen LogP) is 19.9. The molecule has 0 aromatic carbocycles. The second kappa shape index (κ2) is 58.2. The van der Waals surface area contributed by atoms with Crippen molar-refractivity contribution in [1.29, 1.82) is 0 Å². The monoisotopic (exact) mass is 975 g/mol. The van der Waals surface area contributed by atoms with Crippen LogP contribution >= 0.6 is 0 Å². The standard InChI is InChI=1S/C64H110O6/c1-4-7-10-13-16-19-22-25-28-31-32-34-36-39-42-45-48-51-54-57-63(66)69-60-61(59-68-62(65)56-53-50-47-44-41-38-35-30-27-24-21-18-15-12-9-6-3)70-64(67)58-55-52-49-46-43-40-37-33-29-26-23-20-17-14-11-8-5-2/h8,11,17,20,26,29-30,35,37-38,40-41,46,49,61H,4-7,9-10,12-16,18-19,21-25,27-28,31-34,36,39,42-45,47-48,50-60H2,1-3H3/b11-8-,20-17-,29-26-,35-30-,40-37-,41-38-,49-46-. The summed E-state index contributed by atoms with van der Waals surface area (Å²) in [7, 11) is 0. The van der Waals surface area contributed by atoms with Gasteiger partial charge in [-0.2, -0.15) is 0 Å². The minimum atomic E-state index is -0.816. The maximum absolute atomic E-state index is 12.8. The van der Waals surface area contributed by atoms with Crippen molar-refractivity contribution >= 4 is 17.9 Å². The van der Waals surface area contributed by atoms with Crippen LogP contribution in [0.3, 0.4) is 0 Å². The topological polar surface area (TPSA) is 78.9 Å². The Kier molecular flexibility index (Phi) is 55.3. The number of rotatable bonds is 53. The van der Waals surface area contributed by atoms with Gasteiger partial charge in [-0.1, -0.05) is 266 Å². The Morgan fingerprint density at radius 2 is 0.614 bits per heavy atom. The van der Waals surface area contributed by atoms with Crippen LogP contribution in [0.15, 0.2) is 85.1 Å². The van der Waals surface area contributed by atoms with Gasteiger partial charge in [0.25, 0.3) is 0 Å². The molecule has 0 radical (unpaired) electrons. The molecule has 1 unspecified atom stereocenters. The van der Waals surface area contributed by atoms with Crippen LogP contribution in [0.25, 0.3) is 0 Å². The summed E-state index contributed by atoms with van der Waals surface area (Å²) in [6.07, 6.45) is 75.9. The molecule has 0 rings (SSSR count). The fraction of sp³-hybridized carbons (Fsp3) is 0.734. The van der Waals surface area contributed by atoms with E-state index in [-0.39, 0.29) is 37.5 Å². The molecule has 402 valence electrons. The zero-order valence-corrected chi connectivity index (χ0v) is 46.0. The van der Waals surface area contributed by atoms with E-state index in [0.717, 1.165) is 89.9 Å². The number of carbonyl (C=O) groups excluding carboxylic acids is 3. The van der Waals surface area contributed by atoms with Crippen molar-refractivity contribution in [3.05, 3.63) is 85.1 Å². The minimum absolute atomic E-state index is 0.106. The van der Waals surface area contributed by atoms with Gasteiger partial charge in [-0.15, -0.1) is 0 Å². The highest BCUT2D eigenvalue weighted by Crippen LogP contribution is 2.16. The Bertz CT molecular complexity index is 1350. The second-order valence-corrected chi connectivity index (χ2v) is 19.6. The van der Waals surface area contributed by atoms with E-state index >= 15 is 0 Å². The molecule has 0 fully saturated rings. The normalized spacial score (nSPS) is 12.7. The van der Waals surface area contributed by atoms with Gasteiger partial charge in [-0.3, -0.25) is 14.4 Å². The highest BCUT2D eigenvalue weighted by molar-refractivity contribution is 5.71. The van der Waals surface area contributed by atoms with E-state index in [2.05, 4.69) is 106 Å². The van der Waals surface area contributed by atoms with Crippen LogP contribution < -0.4 is 0 Å².